The van der Waals surface area contributed by atoms with Gasteiger partial charge in [0.05, 0.1) is 17.8 Å². The minimum absolute atomic E-state index is 0.0425. The van der Waals surface area contributed by atoms with Gasteiger partial charge in [-0.1, -0.05) is 0 Å². The monoisotopic (exact) mass is 394 g/mol. The van der Waals surface area contributed by atoms with Gasteiger partial charge in [-0.2, -0.15) is 5.10 Å². The van der Waals surface area contributed by atoms with E-state index in [0.29, 0.717) is 48.2 Å². The Kier molecular flexibility index (Phi) is 3.71. The van der Waals surface area contributed by atoms with Gasteiger partial charge in [0.25, 0.3) is 5.91 Å². The molecular formula is C20H22N6O3. The average molecular weight is 394 g/mol. The maximum absolute atomic E-state index is 13.0. The molecule has 2 aliphatic rings. The van der Waals surface area contributed by atoms with Crippen LogP contribution in [0.4, 0.5) is 5.95 Å². The van der Waals surface area contributed by atoms with Crippen molar-refractivity contribution in [3.05, 3.63) is 35.2 Å². The normalized spacial score (nSPS) is 16.5. The molecule has 1 spiro atoms. The number of imidazole rings is 1. The highest BCUT2D eigenvalue weighted by atomic mass is 16.5. The van der Waals surface area contributed by atoms with Crippen molar-refractivity contribution < 1.29 is 14.3 Å². The van der Waals surface area contributed by atoms with Crippen LogP contribution in [0.25, 0.3) is 11.0 Å². The topological polar surface area (TPSA) is 117 Å². The molecule has 2 amide bonds. The molecule has 0 unspecified atom stereocenters. The Balaban J connectivity index is 1.61. The number of carbonyl (C=O) groups excluding carboxylic acids is 2. The second kappa shape index (κ2) is 6.07. The lowest BCUT2D eigenvalue weighted by molar-refractivity contribution is 0.0995. The smallest absolute Gasteiger partial charge is 0.276 e. The predicted molar refractivity (Wildman–Crippen MR) is 106 cm³/mol. The molecule has 3 N–H and O–H groups in total. The van der Waals surface area contributed by atoms with E-state index < -0.39 is 5.91 Å². The summed E-state index contributed by atoms with van der Waals surface area (Å²) in [6.07, 6.45) is 2.11. The first-order valence-electron chi connectivity index (χ1n) is 9.72. The van der Waals surface area contributed by atoms with Crippen LogP contribution in [-0.2, 0) is 13.1 Å². The van der Waals surface area contributed by atoms with Crippen LogP contribution in [0.5, 0.6) is 5.75 Å². The number of nitrogens with two attached hydrogens (primary N) is 1. The summed E-state index contributed by atoms with van der Waals surface area (Å²) in [7, 11) is 0. The molecule has 3 heterocycles. The van der Waals surface area contributed by atoms with Gasteiger partial charge in [0, 0.05) is 24.1 Å². The molecule has 1 saturated carbocycles. The van der Waals surface area contributed by atoms with Crippen molar-refractivity contribution in [3.8, 4) is 5.75 Å². The Hall–Kier alpha value is -3.36. The standard InChI is InChI=1S/C20H22N6O3/c1-3-26-14(6-11(2)24-26)18(28)23-19-22-13-7-12(17(21)27)8-15-16(13)25(19)9-20(4-5-20)10-29-15/h6-8H,3-5,9-10H2,1-2H3,(H2,21,27)(H,22,23,28). The molecule has 1 fully saturated rings. The molecule has 3 aromatic rings. The third kappa shape index (κ3) is 2.84. The maximum atomic E-state index is 13.0. The number of hydrogen-bond acceptors (Lipinski definition) is 5. The summed E-state index contributed by atoms with van der Waals surface area (Å²) in [5.41, 5.74) is 8.46. The first kappa shape index (κ1) is 17.7. The summed E-state index contributed by atoms with van der Waals surface area (Å²) in [4.78, 5) is 29.3. The quantitative estimate of drug-likeness (QED) is 0.703. The lowest BCUT2D eigenvalue weighted by Gasteiger charge is -2.14. The van der Waals surface area contributed by atoms with Crippen LogP contribution in [0.3, 0.4) is 0 Å². The van der Waals surface area contributed by atoms with Crippen molar-refractivity contribution in [3.63, 3.8) is 0 Å². The molecule has 1 aliphatic heterocycles. The molecule has 150 valence electrons. The van der Waals surface area contributed by atoms with Gasteiger partial charge in [-0.25, -0.2) is 4.98 Å². The molecule has 0 saturated heterocycles. The number of amides is 2. The Morgan fingerprint density at radius 3 is 2.79 bits per heavy atom. The zero-order valence-electron chi connectivity index (χ0n) is 16.4. The third-order valence-corrected chi connectivity index (χ3v) is 5.74. The number of anilines is 1. The van der Waals surface area contributed by atoms with Gasteiger partial charge in [-0.3, -0.25) is 19.6 Å². The Morgan fingerprint density at radius 1 is 1.31 bits per heavy atom. The molecule has 1 aliphatic carbocycles. The number of carbonyl (C=O) groups is 2. The molecule has 29 heavy (non-hydrogen) atoms. The van der Waals surface area contributed by atoms with Crippen molar-refractivity contribution in [1.82, 2.24) is 19.3 Å². The van der Waals surface area contributed by atoms with Crippen LogP contribution in [0, 0.1) is 12.3 Å². The van der Waals surface area contributed by atoms with Gasteiger partial charge in [0.15, 0.2) is 0 Å². The molecule has 0 atom stereocenters. The number of rotatable bonds is 4. The van der Waals surface area contributed by atoms with E-state index in [1.165, 1.54) is 0 Å². The summed E-state index contributed by atoms with van der Waals surface area (Å²) in [5, 5.41) is 7.28. The van der Waals surface area contributed by atoms with E-state index in [4.69, 9.17) is 10.5 Å². The molecule has 1 aromatic carbocycles. The number of benzene rings is 1. The van der Waals surface area contributed by atoms with Crippen molar-refractivity contribution in [2.75, 3.05) is 11.9 Å². The maximum Gasteiger partial charge on any atom is 0.276 e. The van der Waals surface area contributed by atoms with Gasteiger partial charge >= 0.3 is 0 Å². The van der Waals surface area contributed by atoms with Crippen molar-refractivity contribution in [1.29, 1.82) is 0 Å². The number of primary amides is 1. The average Bonchev–Trinajstić information content (AvgIpc) is 3.28. The summed E-state index contributed by atoms with van der Waals surface area (Å²) in [6.45, 7) is 5.66. The number of hydrogen-bond donors (Lipinski definition) is 2. The van der Waals surface area contributed by atoms with Gasteiger partial charge in [0.1, 0.15) is 17.0 Å². The van der Waals surface area contributed by atoms with E-state index in [-0.39, 0.29) is 11.3 Å². The van der Waals surface area contributed by atoms with E-state index in [2.05, 4.69) is 15.4 Å². The first-order valence-corrected chi connectivity index (χ1v) is 9.72. The van der Waals surface area contributed by atoms with Gasteiger partial charge in [-0.05, 0) is 44.9 Å². The largest absolute Gasteiger partial charge is 0.491 e. The zero-order valence-corrected chi connectivity index (χ0v) is 16.4. The number of aromatic nitrogens is 4. The minimum Gasteiger partial charge on any atom is -0.491 e. The van der Waals surface area contributed by atoms with Crippen LogP contribution >= 0.6 is 0 Å². The molecule has 0 radical (unpaired) electrons. The molecular weight excluding hydrogens is 372 g/mol. The van der Waals surface area contributed by atoms with E-state index >= 15 is 0 Å². The Bertz CT molecular complexity index is 1170. The van der Waals surface area contributed by atoms with E-state index in [1.54, 1.807) is 22.9 Å². The number of ether oxygens (including phenoxy) is 1. The fourth-order valence-electron chi connectivity index (χ4n) is 3.96. The second-order valence-corrected chi connectivity index (χ2v) is 7.96. The highest BCUT2D eigenvalue weighted by molar-refractivity contribution is 6.04. The summed E-state index contributed by atoms with van der Waals surface area (Å²) >= 11 is 0. The number of nitrogens with zero attached hydrogens (tertiary/aromatic N) is 4. The van der Waals surface area contributed by atoms with Gasteiger partial charge in [-0.15, -0.1) is 0 Å². The minimum atomic E-state index is -0.542. The van der Waals surface area contributed by atoms with Crippen LogP contribution in [0.1, 0.15) is 46.3 Å². The summed E-state index contributed by atoms with van der Waals surface area (Å²) < 4.78 is 9.69. The van der Waals surface area contributed by atoms with Crippen LogP contribution < -0.4 is 15.8 Å². The summed E-state index contributed by atoms with van der Waals surface area (Å²) in [5.74, 6) is 0.193. The Labute approximate surface area is 166 Å². The number of aryl methyl sites for hydroxylation is 2. The van der Waals surface area contributed by atoms with E-state index in [9.17, 15) is 9.59 Å². The predicted octanol–water partition coefficient (Wildman–Crippen LogP) is 2.08. The fourth-order valence-corrected chi connectivity index (χ4v) is 3.96. The Morgan fingerprint density at radius 2 is 2.10 bits per heavy atom. The lowest BCUT2D eigenvalue weighted by atomic mass is 10.1. The highest BCUT2D eigenvalue weighted by Gasteiger charge is 2.46. The summed E-state index contributed by atoms with van der Waals surface area (Å²) in [6, 6.07) is 5.05. The molecule has 9 heteroatoms. The lowest BCUT2D eigenvalue weighted by Crippen LogP contribution is -2.22. The third-order valence-electron chi connectivity index (χ3n) is 5.74. The molecule has 0 bridgehead atoms. The van der Waals surface area contributed by atoms with Crippen LogP contribution in [-0.4, -0.2) is 37.8 Å². The van der Waals surface area contributed by atoms with Gasteiger partial charge < -0.3 is 15.0 Å². The van der Waals surface area contributed by atoms with Crippen molar-refractivity contribution >= 4 is 28.8 Å². The molecule has 9 nitrogen and oxygen atoms in total. The van der Waals surface area contributed by atoms with Crippen LogP contribution in [0.15, 0.2) is 18.2 Å². The van der Waals surface area contributed by atoms with Crippen molar-refractivity contribution in [2.24, 2.45) is 11.1 Å². The first-order chi connectivity index (χ1) is 13.9. The zero-order chi connectivity index (χ0) is 20.3. The molecule has 2 aromatic heterocycles. The number of nitrogens with one attached hydrogen (secondary N) is 1. The van der Waals surface area contributed by atoms with E-state index in [0.717, 1.165) is 24.1 Å². The fraction of sp³-hybridized carbons (Fsp3) is 0.400. The van der Waals surface area contributed by atoms with Crippen molar-refractivity contribution in [2.45, 2.75) is 39.8 Å². The highest BCUT2D eigenvalue weighted by Crippen LogP contribution is 2.51. The van der Waals surface area contributed by atoms with Gasteiger partial charge in [0.2, 0.25) is 11.9 Å². The SMILES string of the molecule is CCn1nc(C)cc1C(=O)Nc1nc2cc(C(N)=O)cc3c2n1CC1(CC1)CO3. The van der Waals surface area contributed by atoms with Crippen LogP contribution in [0.2, 0.25) is 0 Å². The molecule has 5 rings (SSSR count). The van der Waals surface area contributed by atoms with E-state index in [1.807, 2.05) is 18.4 Å². The second-order valence-electron chi connectivity index (χ2n) is 7.96.